The molecule has 2 N–H and O–H groups in total. The van der Waals surface area contributed by atoms with Gasteiger partial charge < -0.3 is 15.0 Å². The van der Waals surface area contributed by atoms with Gasteiger partial charge in [0.05, 0.1) is 24.2 Å². The second-order valence-corrected chi connectivity index (χ2v) is 7.13. The summed E-state index contributed by atoms with van der Waals surface area (Å²) in [6.45, 7) is 1.92. The van der Waals surface area contributed by atoms with Crippen LogP contribution in [0.5, 0.6) is 0 Å². The minimum absolute atomic E-state index is 0.0157. The van der Waals surface area contributed by atoms with Crippen LogP contribution in [0.3, 0.4) is 0 Å². The Hall–Kier alpha value is -2.89. The number of carboxylic acid groups (broad SMARTS) is 1. The zero-order valence-corrected chi connectivity index (χ0v) is 14.4. The maximum atomic E-state index is 12.8. The van der Waals surface area contributed by atoms with E-state index in [1.807, 2.05) is 54.1 Å². The van der Waals surface area contributed by atoms with Crippen LogP contribution in [-0.4, -0.2) is 26.5 Å². The van der Waals surface area contributed by atoms with Crippen LogP contribution in [0, 0.1) is 23.7 Å². The number of allylic oxidation sites excluding steroid dienone is 2. The number of rotatable bonds is 5. The molecule has 0 aliphatic heterocycles. The van der Waals surface area contributed by atoms with Gasteiger partial charge in [-0.15, -0.1) is 0 Å². The summed E-state index contributed by atoms with van der Waals surface area (Å²) in [4.78, 5) is 28.4. The summed E-state index contributed by atoms with van der Waals surface area (Å²) in [5.74, 6) is -2.11. The van der Waals surface area contributed by atoms with E-state index in [0.717, 1.165) is 17.7 Å². The van der Waals surface area contributed by atoms with Crippen LogP contribution in [0.2, 0.25) is 0 Å². The smallest absolute Gasteiger partial charge is 0.307 e. The summed E-state index contributed by atoms with van der Waals surface area (Å²) < 4.78 is 1.91. The molecule has 2 aromatic rings. The molecule has 6 nitrogen and oxygen atoms in total. The minimum Gasteiger partial charge on any atom is -0.481 e. The Morgan fingerprint density at radius 2 is 1.88 bits per heavy atom. The number of imidazole rings is 1. The highest BCUT2D eigenvalue weighted by Gasteiger charge is 2.51. The summed E-state index contributed by atoms with van der Waals surface area (Å²) >= 11 is 0. The zero-order chi connectivity index (χ0) is 18.3. The highest BCUT2D eigenvalue weighted by Crippen LogP contribution is 2.48. The lowest BCUT2D eigenvalue weighted by atomic mass is 9.82. The minimum atomic E-state index is -0.876. The Balaban J connectivity index is 1.46. The molecule has 0 radical (unpaired) electrons. The van der Waals surface area contributed by atoms with Crippen molar-refractivity contribution >= 4 is 11.9 Å². The van der Waals surface area contributed by atoms with E-state index in [-0.39, 0.29) is 23.8 Å². The predicted octanol–water partition coefficient (Wildman–Crippen LogP) is 2.57. The topological polar surface area (TPSA) is 84.2 Å². The Bertz CT molecular complexity index is 842. The molecular formula is C20H21N3O3. The molecule has 1 aromatic heterocycles. The first-order valence-corrected chi connectivity index (χ1v) is 8.84. The molecule has 2 aliphatic rings. The van der Waals surface area contributed by atoms with Crippen LogP contribution in [0.1, 0.15) is 24.9 Å². The molecule has 5 atom stereocenters. The van der Waals surface area contributed by atoms with Gasteiger partial charge in [0.25, 0.3) is 0 Å². The van der Waals surface area contributed by atoms with Crippen molar-refractivity contribution in [2.45, 2.75) is 19.4 Å². The molecule has 0 saturated heterocycles. The van der Waals surface area contributed by atoms with Crippen LogP contribution in [0.25, 0.3) is 5.69 Å². The fourth-order valence-corrected chi connectivity index (χ4v) is 4.26. The molecule has 6 heteroatoms. The highest BCUT2D eigenvalue weighted by molar-refractivity contribution is 5.87. The molecule has 1 fully saturated rings. The number of carboxylic acids is 1. The molecule has 0 spiro atoms. The van der Waals surface area contributed by atoms with Crippen molar-refractivity contribution < 1.29 is 14.7 Å². The van der Waals surface area contributed by atoms with E-state index in [1.165, 1.54) is 0 Å². The molecule has 2 aliphatic carbocycles. The Morgan fingerprint density at radius 3 is 2.50 bits per heavy atom. The van der Waals surface area contributed by atoms with Gasteiger partial charge in [0, 0.05) is 18.1 Å². The SMILES string of the molecule is C[C@H](NC(=O)[C@H]1[C@@H](C(=O)O)[C@H]2C=C[C@H]1C2)c1ccc(-n2ccnc2)cc1. The van der Waals surface area contributed by atoms with Gasteiger partial charge in [-0.3, -0.25) is 9.59 Å². The lowest BCUT2D eigenvalue weighted by Crippen LogP contribution is -2.41. The number of amides is 1. The number of hydrogen-bond acceptors (Lipinski definition) is 3. The second kappa shape index (κ2) is 6.44. The van der Waals surface area contributed by atoms with Gasteiger partial charge in [0.15, 0.2) is 0 Å². The number of aromatic nitrogens is 2. The molecule has 0 unspecified atom stereocenters. The molecule has 26 heavy (non-hydrogen) atoms. The summed E-state index contributed by atoms with van der Waals surface area (Å²) in [7, 11) is 0. The number of carbonyl (C=O) groups excluding carboxylic acids is 1. The van der Waals surface area contributed by atoms with Gasteiger partial charge in [0.2, 0.25) is 5.91 Å². The number of nitrogens with zero attached hydrogens (tertiary/aromatic N) is 2. The van der Waals surface area contributed by atoms with Crippen LogP contribution in [-0.2, 0) is 9.59 Å². The van der Waals surface area contributed by atoms with Crippen LogP contribution in [0.4, 0.5) is 0 Å². The monoisotopic (exact) mass is 351 g/mol. The molecular weight excluding hydrogens is 330 g/mol. The van der Waals surface area contributed by atoms with Gasteiger partial charge in [0.1, 0.15) is 0 Å². The van der Waals surface area contributed by atoms with Crippen LogP contribution < -0.4 is 5.32 Å². The summed E-state index contributed by atoms with van der Waals surface area (Å²) in [5, 5.41) is 12.5. The first-order valence-electron chi connectivity index (χ1n) is 8.84. The lowest BCUT2D eigenvalue weighted by molar-refractivity contribution is -0.148. The molecule has 1 amide bonds. The number of nitrogens with one attached hydrogen (secondary N) is 1. The fraction of sp³-hybridized carbons (Fsp3) is 0.350. The average molecular weight is 351 g/mol. The third-order valence-electron chi connectivity index (χ3n) is 5.60. The first kappa shape index (κ1) is 16.6. The predicted molar refractivity (Wildman–Crippen MR) is 95.5 cm³/mol. The molecule has 1 saturated carbocycles. The third kappa shape index (κ3) is 2.81. The van der Waals surface area contributed by atoms with E-state index in [1.54, 1.807) is 12.5 Å². The highest BCUT2D eigenvalue weighted by atomic mass is 16.4. The van der Waals surface area contributed by atoms with Crippen molar-refractivity contribution in [1.29, 1.82) is 0 Å². The standard InChI is InChI=1S/C20H21N3O3/c1-12(13-4-6-16(7-5-13)23-9-8-21-11-23)22-19(24)17-14-2-3-15(10-14)18(17)20(25)26/h2-9,11-12,14-15,17-18H,10H2,1H3,(H,22,24)(H,25,26)/t12-,14-,15-,17+,18-/m0/s1. The Kier molecular flexibility index (Phi) is 4.11. The number of carbonyl (C=O) groups is 2. The van der Waals surface area contributed by atoms with Gasteiger partial charge in [-0.05, 0) is 42.9 Å². The third-order valence-corrected chi connectivity index (χ3v) is 5.60. The van der Waals surface area contributed by atoms with E-state index in [2.05, 4.69) is 10.3 Å². The van der Waals surface area contributed by atoms with Crippen molar-refractivity contribution in [2.75, 3.05) is 0 Å². The van der Waals surface area contributed by atoms with E-state index in [4.69, 9.17) is 0 Å². The fourth-order valence-electron chi connectivity index (χ4n) is 4.26. The van der Waals surface area contributed by atoms with Gasteiger partial charge in [-0.1, -0.05) is 24.3 Å². The first-order chi connectivity index (χ1) is 12.5. The number of benzene rings is 1. The summed E-state index contributed by atoms with van der Waals surface area (Å²) in [5.41, 5.74) is 1.97. The molecule has 1 aromatic carbocycles. The maximum absolute atomic E-state index is 12.8. The van der Waals surface area contributed by atoms with Gasteiger partial charge in [-0.25, -0.2) is 4.98 Å². The number of aliphatic carboxylic acids is 1. The summed E-state index contributed by atoms with van der Waals surface area (Å²) in [6, 6.07) is 7.70. The van der Waals surface area contributed by atoms with Gasteiger partial charge >= 0.3 is 5.97 Å². The zero-order valence-electron chi connectivity index (χ0n) is 14.4. The van der Waals surface area contributed by atoms with E-state index >= 15 is 0 Å². The van der Waals surface area contributed by atoms with Crippen LogP contribution >= 0.6 is 0 Å². The van der Waals surface area contributed by atoms with Crippen molar-refractivity contribution in [3.8, 4) is 5.69 Å². The molecule has 4 rings (SSSR count). The van der Waals surface area contributed by atoms with Gasteiger partial charge in [-0.2, -0.15) is 0 Å². The van der Waals surface area contributed by atoms with Crippen molar-refractivity contribution in [3.63, 3.8) is 0 Å². The Labute approximate surface area is 151 Å². The Morgan fingerprint density at radius 1 is 1.19 bits per heavy atom. The molecule has 1 heterocycles. The van der Waals surface area contributed by atoms with Crippen LogP contribution in [0.15, 0.2) is 55.1 Å². The second-order valence-electron chi connectivity index (χ2n) is 7.13. The molecule has 134 valence electrons. The quantitative estimate of drug-likeness (QED) is 0.811. The number of fused-ring (bicyclic) bond motifs is 2. The average Bonchev–Trinajstić information content (AvgIpc) is 3.37. The van der Waals surface area contributed by atoms with Crippen molar-refractivity contribution in [2.24, 2.45) is 23.7 Å². The summed E-state index contributed by atoms with van der Waals surface area (Å²) in [6.07, 6.45) is 10.0. The van der Waals surface area contributed by atoms with E-state index in [9.17, 15) is 14.7 Å². The van der Waals surface area contributed by atoms with E-state index < -0.39 is 17.8 Å². The van der Waals surface area contributed by atoms with Crippen molar-refractivity contribution in [1.82, 2.24) is 14.9 Å². The largest absolute Gasteiger partial charge is 0.481 e. The van der Waals surface area contributed by atoms with Crippen molar-refractivity contribution in [3.05, 3.63) is 60.7 Å². The number of hydrogen-bond donors (Lipinski definition) is 2. The molecule has 2 bridgehead atoms. The maximum Gasteiger partial charge on any atom is 0.307 e. The lowest BCUT2D eigenvalue weighted by Gasteiger charge is -2.26. The normalized spacial score (nSPS) is 27.4. The van der Waals surface area contributed by atoms with E-state index in [0.29, 0.717) is 0 Å².